The topological polar surface area (TPSA) is 101 Å². The van der Waals surface area contributed by atoms with Crippen molar-refractivity contribution in [2.45, 2.75) is 25.6 Å². The maximum absolute atomic E-state index is 13.6. The van der Waals surface area contributed by atoms with Gasteiger partial charge in [0.2, 0.25) is 5.89 Å². The van der Waals surface area contributed by atoms with Crippen LogP contribution in [0.4, 0.5) is 19.2 Å². The Morgan fingerprint density at radius 2 is 2.09 bits per heavy atom. The number of imidazole rings is 1. The minimum Gasteiger partial charge on any atom is -0.403 e. The first-order chi connectivity index (χ1) is 16.4. The predicted octanol–water partition coefficient (Wildman–Crippen LogP) is 3.98. The fraction of sp³-hybridized carbons (Fsp3) is 0.227. The highest BCUT2D eigenvalue weighted by Gasteiger charge is 2.38. The highest BCUT2D eigenvalue weighted by molar-refractivity contribution is 5.60. The largest absolute Gasteiger partial charge is 0.418 e. The molecule has 1 N–H and O–H groups in total. The number of aromatic nitrogens is 7. The highest BCUT2D eigenvalue weighted by Crippen LogP contribution is 2.39. The quantitative estimate of drug-likeness (QED) is 0.429. The zero-order valence-corrected chi connectivity index (χ0v) is 17.8. The van der Waals surface area contributed by atoms with Crippen molar-refractivity contribution in [3.8, 4) is 11.5 Å². The molecule has 5 aromatic rings. The molecule has 172 valence electrons. The molecule has 0 unspecified atom stereocenters. The molecule has 0 amide bonds. The summed E-state index contributed by atoms with van der Waals surface area (Å²) in [6.45, 7) is 2.37. The zero-order chi connectivity index (χ0) is 23.4. The molecule has 6 rings (SSSR count). The Kier molecular flexibility index (Phi) is 4.44. The van der Waals surface area contributed by atoms with Gasteiger partial charge in [-0.2, -0.15) is 18.3 Å². The number of fused-ring (bicyclic) bond motifs is 2. The normalized spacial score (nSPS) is 16.2. The van der Waals surface area contributed by atoms with Gasteiger partial charge in [0.1, 0.15) is 6.04 Å². The van der Waals surface area contributed by atoms with Gasteiger partial charge in [-0.1, -0.05) is 5.10 Å². The summed E-state index contributed by atoms with van der Waals surface area (Å²) in [5.74, 6) is 0.329. The van der Waals surface area contributed by atoms with Crippen molar-refractivity contribution in [1.82, 2.24) is 34.8 Å². The molecular weight excluding hydrogens is 449 g/mol. The molecule has 0 spiro atoms. The Morgan fingerprint density at radius 1 is 1.21 bits per heavy atom. The minimum absolute atomic E-state index is 0.0359. The number of hydrogen-bond acceptors (Lipinski definition) is 7. The zero-order valence-electron chi connectivity index (χ0n) is 17.8. The average molecular weight is 466 g/mol. The van der Waals surface area contributed by atoms with Crippen LogP contribution in [0.5, 0.6) is 0 Å². The molecule has 9 nitrogen and oxygen atoms in total. The summed E-state index contributed by atoms with van der Waals surface area (Å²) in [6.07, 6.45) is 2.52. The number of nitrogens with one attached hydrogen (secondary N) is 1. The molecule has 6 heterocycles. The van der Waals surface area contributed by atoms with Gasteiger partial charge in [-0.25, -0.2) is 9.50 Å². The van der Waals surface area contributed by atoms with Crippen LogP contribution in [-0.2, 0) is 12.6 Å². The van der Waals surface area contributed by atoms with Gasteiger partial charge in [-0.15, -0.1) is 5.10 Å². The number of aromatic amines is 1. The van der Waals surface area contributed by atoms with Crippen LogP contribution in [0.1, 0.15) is 34.3 Å². The highest BCUT2D eigenvalue weighted by atomic mass is 19.4. The second kappa shape index (κ2) is 7.40. The Labute approximate surface area is 190 Å². The van der Waals surface area contributed by atoms with Gasteiger partial charge in [0, 0.05) is 42.8 Å². The third kappa shape index (κ3) is 3.21. The van der Waals surface area contributed by atoms with Crippen LogP contribution in [0, 0.1) is 6.92 Å². The Morgan fingerprint density at radius 3 is 2.91 bits per heavy atom. The van der Waals surface area contributed by atoms with Crippen LogP contribution < -0.4 is 4.90 Å². The van der Waals surface area contributed by atoms with Crippen molar-refractivity contribution in [1.29, 1.82) is 0 Å². The first-order valence-corrected chi connectivity index (χ1v) is 10.5. The van der Waals surface area contributed by atoms with Crippen molar-refractivity contribution >= 4 is 11.5 Å². The Bertz CT molecular complexity index is 1500. The van der Waals surface area contributed by atoms with Gasteiger partial charge >= 0.3 is 12.2 Å². The van der Waals surface area contributed by atoms with E-state index in [-0.39, 0.29) is 11.5 Å². The first kappa shape index (κ1) is 20.4. The van der Waals surface area contributed by atoms with Gasteiger partial charge in [-0.05, 0) is 36.8 Å². The molecule has 34 heavy (non-hydrogen) atoms. The van der Waals surface area contributed by atoms with E-state index < -0.39 is 17.8 Å². The van der Waals surface area contributed by atoms with Crippen LogP contribution in [0.25, 0.3) is 17.0 Å². The van der Waals surface area contributed by atoms with E-state index in [4.69, 9.17) is 4.42 Å². The van der Waals surface area contributed by atoms with E-state index in [1.165, 1.54) is 22.8 Å². The molecule has 1 aliphatic heterocycles. The molecule has 1 aliphatic rings. The molecular formula is C22H17F3N8O. The number of alkyl halides is 3. The molecule has 0 radical (unpaired) electrons. The molecule has 1 atom stereocenters. The van der Waals surface area contributed by atoms with Gasteiger partial charge in [-0.3, -0.25) is 4.98 Å². The summed E-state index contributed by atoms with van der Waals surface area (Å²) in [7, 11) is 0. The number of H-pyrrole nitrogens is 1. The molecule has 0 bridgehead atoms. The van der Waals surface area contributed by atoms with Gasteiger partial charge < -0.3 is 14.3 Å². The fourth-order valence-corrected chi connectivity index (χ4v) is 4.34. The van der Waals surface area contributed by atoms with E-state index in [1.54, 1.807) is 24.8 Å². The lowest BCUT2D eigenvalue weighted by Crippen LogP contribution is -2.36. The SMILES string of the molecule is Cc1cnccc1-c1nnc(N2CCc3[nH]cnc3[C@@H]2c2cc3c(C(F)(F)F)cccn3n2)o1. The third-order valence-corrected chi connectivity index (χ3v) is 5.94. The Balaban J connectivity index is 1.47. The summed E-state index contributed by atoms with van der Waals surface area (Å²) in [6, 6.07) is 5.22. The number of hydrogen-bond donors (Lipinski definition) is 1. The average Bonchev–Trinajstić information content (AvgIpc) is 3.56. The summed E-state index contributed by atoms with van der Waals surface area (Å²) in [5, 5.41) is 12.9. The second-order valence-corrected chi connectivity index (χ2v) is 8.01. The molecule has 0 aromatic carbocycles. The smallest absolute Gasteiger partial charge is 0.403 e. The van der Waals surface area contributed by atoms with Crippen LogP contribution in [-0.4, -0.2) is 41.3 Å². The van der Waals surface area contributed by atoms with Crippen molar-refractivity contribution in [2.75, 3.05) is 11.4 Å². The molecule has 0 saturated heterocycles. The first-order valence-electron chi connectivity index (χ1n) is 10.5. The van der Waals surface area contributed by atoms with Crippen LogP contribution in [0.2, 0.25) is 0 Å². The molecule has 5 aromatic heterocycles. The lowest BCUT2D eigenvalue weighted by Gasteiger charge is -2.32. The maximum atomic E-state index is 13.6. The van der Waals surface area contributed by atoms with Crippen molar-refractivity contribution in [3.05, 3.63) is 77.4 Å². The number of halogens is 3. The molecule has 0 saturated carbocycles. The van der Waals surface area contributed by atoms with E-state index >= 15 is 0 Å². The summed E-state index contributed by atoms with van der Waals surface area (Å²) in [4.78, 5) is 13.5. The number of rotatable bonds is 3. The van der Waals surface area contributed by atoms with E-state index in [0.29, 0.717) is 30.2 Å². The molecule has 12 heteroatoms. The maximum Gasteiger partial charge on any atom is 0.418 e. The summed E-state index contributed by atoms with van der Waals surface area (Å²) < 4.78 is 48.0. The van der Waals surface area contributed by atoms with Crippen LogP contribution in [0.15, 0.2) is 53.6 Å². The predicted molar refractivity (Wildman–Crippen MR) is 114 cm³/mol. The van der Waals surface area contributed by atoms with E-state index in [9.17, 15) is 13.2 Å². The Hall–Kier alpha value is -4.22. The van der Waals surface area contributed by atoms with E-state index in [0.717, 1.165) is 22.9 Å². The number of aryl methyl sites for hydroxylation is 1. The number of anilines is 1. The molecule has 0 fully saturated rings. The molecule has 0 aliphatic carbocycles. The summed E-state index contributed by atoms with van der Waals surface area (Å²) >= 11 is 0. The van der Waals surface area contributed by atoms with E-state index in [2.05, 4.69) is 30.2 Å². The van der Waals surface area contributed by atoms with Crippen LogP contribution in [0.3, 0.4) is 0 Å². The minimum atomic E-state index is -4.51. The lowest BCUT2D eigenvalue weighted by molar-refractivity contribution is -0.136. The number of nitrogens with zero attached hydrogens (tertiary/aromatic N) is 7. The lowest BCUT2D eigenvalue weighted by atomic mass is 10.00. The van der Waals surface area contributed by atoms with E-state index in [1.807, 2.05) is 11.8 Å². The summed E-state index contributed by atoms with van der Waals surface area (Å²) in [5.41, 5.74) is 2.78. The van der Waals surface area contributed by atoms with Crippen LogP contribution >= 0.6 is 0 Å². The van der Waals surface area contributed by atoms with Gasteiger partial charge in [0.25, 0.3) is 0 Å². The van der Waals surface area contributed by atoms with Gasteiger partial charge in [0.15, 0.2) is 0 Å². The standard InChI is InChI=1S/C22H17F3N8O/c1-12-10-26-6-4-13(12)20-29-30-21(34-20)32-8-5-15-18(28-11-27-15)19(32)16-9-17-14(22(23,24)25)3-2-7-33(17)31-16/h2-4,6-7,9-11,19H,5,8H2,1H3,(H,27,28)/t19-/m0/s1. The van der Waals surface area contributed by atoms with Crippen molar-refractivity contribution in [3.63, 3.8) is 0 Å². The second-order valence-electron chi connectivity index (χ2n) is 8.01. The number of pyridine rings is 2. The fourth-order valence-electron chi connectivity index (χ4n) is 4.34. The monoisotopic (exact) mass is 466 g/mol. The van der Waals surface area contributed by atoms with Gasteiger partial charge in [0.05, 0.1) is 28.8 Å². The van der Waals surface area contributed by atoms with Crippen molar-refractivity contribution < 1.29 is 17.6 Å². The third-order valence-electron chi connectivity index (χ3n) is 5.94. The van der Waals surface area contributed by atoms with Crippen molar-refractivity contribution in [2.24, 2.45) is 0 Å².